The lowest BCUT2D eigenvalue weighted by Crippen LogP contribution is -2.24. The Kier molecular flexibility index (Phi) is 4.03. The number of hydrogen-bond donors (Lipinski definition) is 0. The van der Waals surface area contributed by atoms with E-state index < -0.39 is 0 Å². The number of carbonyl (C=O) groups is 1. The molecule has 0 radical (unpaired) electrons. The molecule has 15 heavy (non-hydrogen) atoms. The van der Waals surface area contributed by atoms with Crippen molar-refractivity contribution >= 4 is 5.91 Å². The molecule has 1 amide bonds. The SMILES string of the molecule is CC=CC(=O)N(C)Cc1ccccc1F. The van der Waals surface area contributed by atoms with Crippen LogP contribution < -0.4 is 0 Å². The summed E-state index contributed by atoms with van der Waals surface area (Å²) in [6.07, 6.45) is 3.13. The Balaban J connectivity index is 2.70. The molecule has 0 unspecified atom stereocenters. The monoisotopic (exact) mass is 207 g/mol. The van der Waals surface area contributed by atoms with Crippen LogP contribution in [0.1, 0.15) is 12.5 Å². The fraction of sp³-hybridized carbons (Fsp3) is 0.250. The number of nitrogens with zero attached hydrogens (tertiary/aromatic N) is 1. The summed E-state index contributed by atoms with van der Waals surface area (Å²) in [6, 6.07) is 6.46. The van der Waals surface area contributed by atoms with Crippen molar-refractivity contribution in [1.82, 2.24) is 4.90 Å². The largest absolute Gasteiger partial charge is 0.338 e. The van der Waals surface area contributed by atoms with Gasteiger partial charge in [0.2, 0.25) is 5.91 Å². The van der Waals surface area contributed by atoms with Gasteiger partial charge in [-0.3, -0.25) is 4.79 Å². The summed E-state index contributed by atoms with van der Waals surface area (Å²) < 4.78 is 13.2. The Morgan fingerprint density at radius 1 is 1.47 bits per heavy atom. The van der Waals surface area contributed by atoms with Crippen LogP contribution in [0.3, 0.4) is 0 Å². The summed E-state index contributed by atoms with van der Waals surface area (Å²) in [4.78, 5) is 12.8. The second-order valence-corrected chi connectivity index (χ2v) is 3.29. The number of halogens is 1. The van der Waals surface area contributed by atoms with Gasteiger partial charge in [0, 0.05) is 19.2 Å². The van der Waals surface area contributed by atoms with Crippen LogP contribution in [-0.2, 0) is 11.3 Å². The molecule has 0 heterocycles. The summed E-state index contributed by atoms with van der Waals surface area (Å²) in [7, 11) is 1.65. The number of hydrogen-bond acceptors (Lipinski definition) is 1. The van der Waals surface area contributed by atoms with Crippen LogP contribution in [0.5, 0.6) is 0 Å². The van der Waals surface area contributed by atoms with Crippen molar-refractivity contribution in [3.63, 3.8) is 0 Å². The first kappa shape index (κ1) is 11.4. The van der Waals surface area contributed by atoms with E-state index in [2.05, 4.69) is 0 Å². The van der Waals surface area contributed by atoms with E-state index in [0.29, 0.717) is 5.56 Å². The van der Waals surface area contributed by atoms with Gasteiger partial charge in [0.25, 0.3) is 0 Å². The minimum absolute atomic E-state index is 0.124. The van der Waals surface area contributed by atoms with Gasteiger partial charge >= 0.3 is 0 Å². The summed E-state index contributed by atoms with van der Waals surface area (Å²) >= 11 is 0. The fourth-order valence-electron chi connectivity index (χ4n) is 1.23. The molecule has 0 saturated carbocycles. The van der Waals surface area contributed by atoms with E-state index in [1.807, 2.05) is 0 Å². The molecule has 0 aromatic heterocycles. The van der Waals surface area contributed by atoms with Gasteiger partial charge < -0.3 is 4.90 Å². The molecule has 0 aliphatic heterocycles. The third kappa shape index (κ3) is 3.20. The molecular weight excluding hydrogens is 193 g/mol. The molecule has 0 saturated heterocycles. The molecule has 3 heteroatoms. The molecule has 0 aliphatic carbocycles. The predicted molar refractivity (Wildman–Crippen MR) is 57.7 cm³/mol. The van der Waals surface area contributed by atoms with Gasteiger partial charge in [0.15, 0.2) is 0 Å². The van der Waals surface area contributed by atoms with Gasteiger partial charge in [-0.15, -0.1) is 0 Å². The number of amides is 1. The van der Waals surface area contributed by atoms with E-state index in [0.717, 1.165) is 0 Å². The summed E-state index contributed by atoms with van der Waals surface area (Å²) in [5.41, 5.74) is 0.526. The molecule has 0 spiro atoms. The van der Waals surface area contributed by atoms with Crippen molar-refractivity contribution in [3.05, 3.63) is 47.8 Å². The van der Waals surface area contributed by atoms with Crippen molar-refractivity contribution < 1.29 is 9.18 Å². The molecule has 2 nitrogen and oxygen atoms in total. The molecule has 0 aliphatic rings. The number of allylic oxidation sites excluding steroid dienone is 1. The number of benzene rings is 1. The maximum absolute atomic E-state index is 13.2. The van der Waals surface area contributed by atoms with Gasteiger partial charge in [0.1, 0.15) is 5.82 Å². The Bertz CT molecular complexity index is 374. The summed E-state index contributed by atoms with van der Waals surface area (Å²) in [5.74, 6) is -0.404. The van der Waals surface area contributed by atoms with Gasteiger partial charge in [-0.25, -0.2) is 4.39 Å². The number of rotatable bonds is 3. The third-order valence-corrected chi connectivity index (χ3v) is 2.05. The highest BCUT2D eigenvalue weighted by Gasteiger charge is 2.07. The first-order chi connectivity index (χ1) is 7.15. The van der Waals surface area contributed by atoms with Crippen LogP contribution in [0, 0.1) is 5.82 Å². The first-order valence-corrected chi connectivity index (χ1v) is 4.76. The molecule has 0 bridgehead atoms. The average Bonchev–Trinajstić information content (AvgIpc) is 2.21. The Morgan fingerprint density at radius 2 is 2.13 bits per heavy atom. The van der Waals surface area contributed by atoms with Crippen LogP contribution >= 0.6 is 0 Å². The number of carbonyl (C=O) groups excluding carboxylic acids is 1. The predicted octanol–water partition coefficient (Wildman–Crippen LogP) is 2.36. The molecule has 0 fully saturated rings. The second-order valence-electron chi connectivity index (χ2n) is 3.29. The lowest BCUT2D eigenvalue weighted by molar-refractivity contribution is -0.125. The van der Waals surface area contributed by atoms with Gasteiger partial charge in [-0.05, 0) is 19.1 Å². The minimum atomic E-state index is -0.280. The van der Waals surface area contributed by atoms with Crippen molar-refractivity contribution in [1.29, 1.82) is 0 Å². The maximum atomic E-state index is 13.2. The van der Waals surface area contributed by atoms with Crippen molar-refractivity contribution in [2.24, 2.45) is 0 Å². The zero-order valence-corrected chi connectivity index (χ0v) is 8.90. The summed E-state index contributed by atoms with van der Waals surface area (Å²) in [5, 5.41) is 0. The van der Waals surface area contributed by atoms with Crippen molar-refractivity contribution in [2.45, 2.75) is 13.5 Å². The Morgan fingerprint density at radius 3 is 2.73 bits per heavy atom. The van der Waals surface area contributed by atoms with Crippen LogP contribution in [0.15, 0.2) is 36.4 Å². The first-order valence-electron chi connectivity index (χ1n) is 4.76. The lowest BCUT2D eigenvalue weighted by atomic mass is 10.2. The van der Waals surface area contributed by atoms with E-state index in [1.165, 1.54) is 17.0 Å². The zero-order valence-electron chi connectivity index (χ0n) is 8.90. The molecule has 1 aromatic carbocycles. The van der Waals surface area contributed by atoms with Gasteiger partial charge in [-0.1, -0.05) is 24.3 Å². The van der Waals surface area contributed by atoms with E-state index in [9.17, 15) is 9.18 Å². The highest BCUT2D eigenvalue weighted by molar-refractivity contribution is 5.87. The van der Waals surface area contributed by atoms with E-state index in [1.54, 1.807) is 38.2 Å². The van der Waals surface area contributed by atoms with Crippen molar-refractivity contribution in [3.8, 4) is 0 Å². The van der Waals surface area contributed by atoms with Crippen LogP contribution in [0.2, 0.25) is 0 Å². The lowest BCUT2D eigenvalue weighted by Gasteiger charge is -2.15. The highest BCUT2D eigenvalue weighted by Crippen LogP contribution is 2.08. The summed E-state index contributed by atoms with van der Waals surface area (Å²) in [6.45, 7) is 2.06. The van der Waals surface area contributed by atoms with Crippen LogP contribution in [-0.4, -0.2) is 17.9 Å². The molecule has 0 N–H and O–H groups in total. The third-order valence-electron chi connectivity index (χ3n) is 2.05. The van der Waals surface area contributed by atoms with E-state index in [-0.39, 0.29) is 18.3 Å². The fourth-order valence-corrected chi connectivity index (χ4v) is 1.23. The Labute approximate surface area is 89.0 Å². The minimum Gasteiger partial charge on any atom is -0.338 e. The molecule has 80 valence electrons. The number of likely N-dealkylation sites (N-methyl/N-ethyl adjacent to an activating group) is 1. The standard InChI is InChI=1S/C12H14FNO/c1-3-6-12(15)14(2)9-10-7-4-5-8-11(10)13/h3-8H,9H2,1-2H3. The zero-order chi connectivity index (χ0) is 11.3. The Hall–Kier alpha value is -1.64. The molecule has 0 atom stereocenters. The quantitative estimate of drug-likeness (QED) is 0.697. The normalized spacial score (nSPS) is 10.6. The van der Waals surface area contributed by atoms with E-state index in [4.69, 9.17) is 0 Å². The van der Waals surface area contributed by atoms with Crippen LogP contribution in [0.25, 0.3) is 0 Å². The molecule has 1 rings (SSSR count). The van der Waals surface area contributed by atoms with E-state index >= 15 is 0 Å². The maximum Gasteiger partial charge on any atom is 0.246 e. The van der Waals surface area contributed by atoms with Gasteiger partial charge in [0.05, 0.1) is 0 Å². The van der Waals surface area contributed by atoms with Gasteiger partial charge in [-0.2, -0.15) is 0 Å². The van der Waals surface area contributed by atoms with Crippen molar-refractivity contribution in [2.75, 3.05) is 7.05 Å². The molecule has 1 aromatic rings. The van der Waals surface area contributed by atoms with Crippen LogP contribution in [0.4, 0.5) is 4.39 Å². The smallest absolute Gasteiger partial charge is 0.246 e. The average molecular weight is 207 g/mol. The second kappa shape index (κ2) is 5.29. The topological polar surface area (TPSA) is 20.3 Å². The highest BCUT2D eigenvalue weighted by atomic mass is 19.1. The molecular formula is C12H14FNO.